The molecule has 0 saturated carbocycles. The molecule has 0 atom stereocenters. The third-order valence-electron chi connectivity index (χ3n) is 5.74. The van der Waals surface area contributed by atoms with Gasteiger partial charge in [-0.05, 0) is 85.5 Å². The lowest BCUT2D eigenvalue weighted by Crippen LogP contribution is -2.17. The number of carbonyl (C=O) groups is 2. The molecule has 3 aromatic rings. The minimum absolute atomic E-state index is 0.0413. The number of halogens is 1. The molecule has 206 valence electrons. The average Bonchev–Trinajstić information content (AvgIpc) is 2.90. The molecule has 1 amide bonds. The highest BCUT2D eigenvalue weighted by Gasteiger charge is 2.17. The highest BCUT2D eigenvalue weighted by atomic mass is 19.1. The highest BCUT2D eigenvalue weighted by molar-refractivity contribution is 6.08. The number of oxime groups is 1. The Morgan fingerprint density at radius 2 is 1.82 bits per heavy atom. The number of aliphatic hydroxyl groups excluding tert-OH is 1. The van der Waals surface area contributed by atoms with E-state index in [4.69, 9.17) is 15.7 Å². The lowest BCUT2D eigenvalue weighted by molar-refractivity contribution is -0.136. The zero-order valence-electron chi connectivity index (χ0n) is 21.6. The van der Waals surface area contributed by atoms with Crippen LogP contribution in [0.5, 0.6) is 5.75 Å². The van der Waals surface area contributed by atoms with Crippen LogP contribution in [0, 0.1) is 5.82 Å². The smallest absolute Gasteiger partial charge is 0.303 e. The summed E-state index contributed by atoms with van der Waals surface area (Å²) in [4.78, 5) is 24.4. The molecule has 0 aliphatic heterocycles. The number of aliphatic carboxylic acids is 1. The molecule has 0 aliphatic carbocycles. The van der Waals surface area contributed by atoms with Gasteiger partial charge >= 0.3 is 5.97 Å². The number of hydrogen-bond donors (Lipinski definition) is 6. The first kappa shape index (κ1) is 28.9. The van der Waals surface area contributed by atoms with Crippen molar-refractivity contribution in [2.24, 2.45) is 10.9 Å². The van der Waals surface area contributed by atoms with E-state index < -0.39 is 17.7 Å². The van der Waals surface area contributed by atoms with Gasteiger partial charge in [-0.3, -0.25) is 9.59 Å². The van der Waals surface area contributed by atoms with E-state index >= 15 is 0 Å². The summed E-state index contributed by atoms with van der Waals surface area (Å²) in [5.74, 6) is -1.76. The van der Waals surface area contributed by atoms with Crippen molar-refractivity contribution >= 4 is 29.1 Å². The van der Waals surface area contributed by atoms with Crippen LogP contribution in [0.4, 0.5) is 15.8 Å². The maximum atomic E-state index is 14.1. The molecule has 0 unspecified atom stereocenters. The van der Waals surface area contributed by atoms with Crippen LogP contribution in [0.1, 0.15) is 52.9 Å². The van der Waals surface area contributed by atoms with Crippen molar-refractivity contribution < 1.29 is 34.1 Å². The Bertz CT molecular complexity index is 1360. The van der Waals surface area contributed by atoms with Crippen molar-refractivity contribution in [1.82, 2.24) is 0 Å². The quantitative estimate of drug-likeness (QED) is 0.0868. The summed E-state index contributed by atoms with van der Waals surface area (Å²) in [7, 11) is 0. The molecular weight excluding hydrogens is 507 g/mol. The first-order valence-corrected chi connectivity index (χ1v) is 12.2. The predicted octanol–water partition coefficient (Wildman–Crippen LogP) is 4.08. The van der Waals surface area contributed by atoms with Crippen LogP contribution >= 0.6 is 0 Å². The number of nitrogens with zero attached hydrogens (tertiary/aromatic N) is 1. The minimum atomic E-state index is -0.965. The fourth-order valence-electron chi connectivity index (χ4n) is 3.92. The summed E-state index contributed by atoms with van der Waals surface area (Å²) in [6.45, 7) is 3.59. The van der Waals surface area contributed by atoms with Crippen LogP contribution in [0.25, 0.3) is 0 Å². The summed E-state index contributed by atoms with van der Waals surface area (Å²) >= 11 is 0. The van der Waals surface area contributed by atoms with Gasteiger partial charge in [0.05, 0.1) is 18.3 Å². The number of carbonyl (C=O) groups excluding carboxylic acids is 1. The number of amidine groups is 1. The second-order valence-corrected chi connectivity index (χ2v) is 9.01. The first-order chi connectivity index (χ1) is 18.6. The Morgan fingerprint density at radius 3 is 2.44 bits per heavy atom. The molecule has 0 bridgehead atoms. The third-order valence-corrected chi connectivity index (χ3v) is 5.74. The number of ether oxygens (including phenoxy) is 1. The molecule has 39 heavy (non-hydrogen) atoms. The standard InChI is InChI=1S/C28H31FN4O6/c1-16(2)39-25-12-17(15-34)11-19(22(25)8-10-26(35)36)14-31-24-9-5-20(29)13-23(24)28(37)32-21-6-3-18(4-7-21)27(30)33-38/h3-7,9,11-13,16,31,34,38H,8,10,14-15H2,1-2H3,(H2,30,33)(H,32,37)(H,35,36). The molecule has 7 N–H and O–H groups in total. The topological polar surface area (TPSA) is 166 Å². The molecule has 11 heteroatoms. The third kappa shape index (κ3) is 7.92. The molecular formula is C28H31FN4O6. The first-order valence-electron chi connectivity index (χ1n) is 12.2. The molecule has 3 aromatic carbocycles. The lowest BCUT2D eigenvalue weighted by atomic mass is 9.98. The van der Waals surface area contributed by atoms with E-state index in [1.807, 2.05) is 13.8 Å². The van der Waals surface area contributed by atoms with Crippen molar-refractivity contribution in [2.45, 2.75) is 45.9 Å². The summed E-state index contributed by atoms with van der Waals surface area (Å²) in [5.41, 5.74) is 8.72. The largest absolute Gasteiger partial charge is 0.491 e. The van der Waals surface area contributed by atoms with E-state index in [0.717, 1.165) is 6.07 Å². The summed E-state index contributed by atoms with van der Waals surface area (Å²) in [6.07, 6.45) is -0.117. The molecule has 0 radical (unpaired) electrons. The van der Waals surface area contributed by atoms with Crippen LogP contribution in [0.3, 0.4) is 0 Å². The van der Waals surface area contributed by atoms with E-state index in [9.17, 15) is 24.2 Å². The monoisotopic (exact) mass is 538 g/mol. The Balaban J connectivity index is 1.89. The van der Waals surface area contributed by atoms with Gasteiger partial charge < -0.3 is 36.5 Å². The Kier molecular flexibility index (Phi) is 9.82. The van der Waals surface area contributed by atoms with Crippen LogP contribution in [-0.2, 0) is 24.4 Å². The van der Waals surface area contributed by atoms with Crippen molar-refractivity contribution in [3.05, 3.63) is 88.2 Å². The van der Waals surface area contributed by atoms with E-state index in [1.54, 1.807) is 36.4 Å². The van der Waals surface area contributed by atoms with Crippen molar-refractivity contribution in [2.75, 3.05) is 10.6 Å². The molecule has 0 aliphatic rings. The molecule has 3 rings (SSSR count). The van der Waals surface area contributed by atoms with Gasteiger partial charge in [0.25, 0.3) is 5.91 Å². The highest BCUT2D eigenvalue weighted by Crippen LogP contribution is 2.29. The van der Waals surface area contributed by atoms with Gasteiger partial charge in [0, 0.05) is 29.9 Å². The van der Waals surface area contributed by atoms with Gasteiger partial charge in [-0.1, -0.05) is 11.2 Å². The molecule has 10 nitrogen and oxygen atoms in total. The Hall–Kier alpha value is -4.64. The Labute approximate surface area is 224 Å². The van der Waals surface area contributed by atoms with Crippen LogP contribution in [-0.4, -0.2) is 39.2 Å². The zero-order valence-corrected chi connectivity index (χ0v) is 21.6. The number of aliphatic hydroxyl groups is 1. The van der Waals surface area contributed by atoms with Gasteiger partial charge in [0.1, 0.15) is 11.6 Å². The van der Waals surface area contributed by atoms with Crippen LogP contribution < -0.4 is 21.1 Å². The second kappa shape index (κ2) is 13.2. The van der Waals surface area contributed by atoms with E-state index in [1.165, 1.54) is 12.1 Å². The molecule has 0 spiro atoms. The SMILES string of the molecule is CC(C)Oc1cc(CO)cc(CNc2ccc(F)cc2C(=O)Nc2ccc(/C(N)=N/O)cc2)c1CCC(=O)O. The number of benzene rings is 3. The number of amides is 1. The van der Waals surface area contributed by atoms with E-state index in [2.05, 4.69) is 15.8 Å². The average molecular weight is 539 g/mol. The Morgan fingerprint density at radius 1 is 1.10 bits per heavy atom. The van der Waals surface area contributed by atoms with Crippen molar-refractivity contribution in [3.63, 3.8) is 0 Å². The molecule has 0 saturated heterocycles. The lowest BCUT2D eigenvalue weighted by Gasteiger charge is -2.20. The minimum Gasteiger partial charge on any atom is -0.491 e. The normalized spacial score (nSPS) is 11.4. The maximum absolute atomic E-state index is 14.1. The molecule has 0 fully saturated rings. The molecule has 0 heterocycles. The predicted molar refractivity (Wildman–Crippen MR) is 145 cm³/mol. The summed E-state index contributed by atoms with van der Waals surface area (Å²) in [5, 5.41) is 36.6. The van der Waals surface area contributed by atoms with Gasteiger partial charge in [-0.2, -0.15) is 0 Å². The number of hydrogen-bond acceptors (Lipinski definition) is 7. The zero-order chi connectivity index (χ0) is 28.5. The van der Waals surface area contributed by atoms with Crippen molar-refractivity contribution in [3.8, 4) is 5.75 Å². The van der Waals surface area contributed by atoms with Gasteiger partial charge in [-0.25, -0.2) is 4.39 Å². The second-order valence-electron chi connectivity index (χ2n) is 9.01. The summed E-state index contributed by atoms with van der Waals surface area (Å²) in [6, 6.07) is 13.4. The van der Waals surface area contributed by atoms with Gasteiger partial charge in [-0.15, -0.1) is 0 Å². The number of nitrogens with one attached hydrogen (secondary N) is 2. The van der Waals surface area contributed by atoms with Gasteiger partial charge in [0.2, 0.25) is 0 Å². The van der Waals surface area contributed by atoms with Crippen molar-refractivity contribution in [1.29, 1.82) is 0 Å². The number of carboxylic acid groups (broad SMARTS) is 1. The van der Waals surface area contributed by atoms with Crippen LogP contribution in [0.2, 0.25) is 0 Å². The van der Waals surface area contributed by atoms with Gasteiger partial charge in [0.15, 0.2) is 5.84 Å². The maximum Gasteiger partial charge on any atom is 0.303 e. The van der Waals surface area contributed by atoms with E-state index in [0.29, 0.717) is 39.4 Å². The van der Waals surface area contributed by atoms with Crippen LogP contribution in [0.15, 0.2) is 59.8 Å². The number of anilines is 2. The number of carboxylic acids is 1. The fraction of sp³-hybridized carbons (Fsp3) is 0.250. The summed E-state index contributed by atoms with van der Waals surface area (Å²) < 4.78 is 20.1. The molecule has 0 aromatic heterocycles. The van der Waals surface area contributed by atoms with E-state index in [-0.39, 0.29) is 43.5 Å². The number of rotatable bonds is 12. The fourth-order valence-corrected chi connectivity index (χ4v) is 3.92. The number of nitrogens with two attached hydrogens (primary N) is 1.